The lowest BCUT2D eigenvalue weighted by molar-refractivity contribution is 0.268. The Balaban J connectivity index is 1.70. The number of hydrogen-bond donors (Lipinski definition) is 2. The van der Waals surface area contributed by atoms with E-state index in [0.29, 0.717) is 6.04 Å². The summed E-state index contributed by atoms with van der Waals surface area (Å²) >= 11 is 2.17. The summed E-state index contributed by atoms with van der Waals surface area (Å²) in [6.45, 7) is 2.08. The van der Waals surface area contributed by atoms with Crippen molar-refractivity contribution < 1.29 is 0 Å². The molecule has 1 aliphatic heterocycles. The van der Waals surface area contributed by atoms with Crippen LogP contribution in [0.25, 0.3) is 0 Å². The Morgan fingerprint density at radius 2 is 1.88 bits per heavy atom. The second kappa shape index (κ2) is 6.87. The van der Waals surface area contributed by atoms with Crippen LogP contribution in [-0.2, 0) is 0 Å². The van der Waals surface area contributed by atoms with Crippen molar-refractivity contribution in [1.29, 1.82) is 0 Å². The van der Waals surface area contributed by atoms with E-state index in [1.807, 2.05) is 0 Å². The lowest BCUT2D eigenvalue weighted by Gasteiger charge is -2.33. The van der Waals surface area contributed by atoms with Gasteiger partial charge in [0.05, 0.1) is 0 Å². The topological polar surface area (TPSA) is 38.0 Å². The lowest BCUT2D eigenvalue weighted by Crippen LogP contribution is -2.44. The van der Waals surface area contributed by atoms with Gasteiger partial charge in [0.25, 0.3) is 0 Å². The van der Waals surface area contributed by atoms with Crippen LogP contribution in [0.4, 0.5) is 0 Å². The van der Waals surface area contributed by atoms with E-state index in [4.69, 9.17) is 5.73 Å². The molecule has 0 aromatic rings. The highest BCUT2D eigenvalue weighted by atomic mass is 32.2. The SMILES string of the molecule is NCC1CCCCC1NCC1CCCCS1. The molecule has 3 N–H and O–H groups in total. The minimum atomic E-state index is 0.710. The van der Waals surface area contributed by atoms with Gasteiger partial charge in [-0.3, -0.25) is 0 Å². The van der Waals surface area contributed by atoms with Crippen molar-refractivity contribution in [3.05, 3.63) is 0 Å². The standard InChI is InChI=1S/C13H26N2S/c14-9-11-5-1-2-7-13(11)15-10-12-6-3-4-8-16-12/h11-13,15H,1-10,14H2. The molecule has 2 aliphatic rings. The molecule has 94 valence electrons. The molecule has 2 rings (SSSR count). The first-order valence-corrected chi connectivity index (χ1v) is 8.00. The van der Waals surface area contributed by atoms with Gasteiger partial charge in [-0.15, -0.1) is 0 Å². The monoisotopic (exact) mass is 242 g/mol. The van der Waals surface area contributed by atoms with Gasteiger partial charge in [0, 0.05) is 17.8 Å². The summed E-state index contributed by atoms with van der Waals surface area (Å²) in [6.07, 6.45) is 9.74. The smallest absolute Gasteiger partial charge is 0.0172 e. The van der Waals surface area contributed by atoms with Crippen LogP contribution in [0.15, 0.2) is 0 Å². The fourth-order valence-corrected chi connectivity index (χ4v) is 4.26. The van der Waals surface area contributed by atoms with E-state index >= 15 is 0 Å². The van der Waals surface area contributed by atoms with Crippen molar-refractivity contribution in [1.82, 2.24) is 5.32 Å². The second-order valence-electron chi connectivity index (χ2n) is 5.28. The van der Waals surface area contributed by atoms with E-state index in [9.17, 15) is 0 Å². The molecule has 0 bridgehead atoms. The molecule has 0 amide bonds. The molecule has 3 unspecified atom stereocenters. The zero-order valence-corrected chi connectivity index (χ0v) is 11.1. The molecule has 16 heavy (non-hydrogen) atoms. The molecule has 0 spiro atoms. The molecule has 1 heterocycles. The normalized spacial score (nSPS) is 36.2. The summed E-state index contributed by atoms with van der Waals surface area (Å²) in [4.78, 5) is 0. The molecule has 0 aromatic heterocycles. The van der Waals surface area contributed by atoms with Gasteiger partial charge in [0.15, 0.2) is 0 Å². The van der Waals surface area contributed by atoms with E-state index in [1.54, 1.807) is 0 Å². The van der Waals surface area contributed by atoms with Gasteiger partial charge < -0.3 is 11.1 Å². The van der Waals surface area contributed by atoms with Crippen LogP contribution in [0.2, 0.25) is 0 Å². The molecule has 2 fully saturated rings. The highest BCUT2D eigenvalue weighted by Crippen LogP contribution is 2.27. The molecule has 3 heteroatoms. The van der Waals surface area contributed by atoms with Crippen molar-refractivity contribution in [2.45, 2.75) is 56.2 Å². The number of nitrogens with one attached hydrogen (secondary N) is 1. The Morgan fingerprint density at radius 1 is 1.06 bits per heavy atom. The van der Waals surface area contributed by atoms with E-state index < -0.39 is 0 Å². The largest absolute Gasteiger partial charge is 0.330 e. The maximum Gasteiger partial charge on any atom is 0.0172 e. The average molecular weight is 242 g/mol. The van der Waals surface area contributed by atoms with Gasteiger partial charge in [-0.1, -0.05) is 19.3 Å². The van der Waals surface area contributed by atoms with E-state index in [0.717, 1.165) is 17.7 Å². The van der Waals surface area contributed by atoms with Gasteiger partial charge in [0.1, 0.15) is 0 Å². The van der Waals surface area contributed by atoms with E-state index in [-0.39, 0.29) is 0 Å². The van der Waals surface area contributed by atoms with Crippen molar-refractivity contribution in [3.63, 3.8) is 0 Å². The first kappa shape index (κ1) is 12.7. The number of thioether (sulfide) groups is 1. The van der Waals surface area contributed by atoms with Gasteiger partial charge in [-0.05, 0) is 43.9 Å². The third kappa shape index (κ3) is 3.64. The van der Waals surface area contributed by atoms with E-state index in [2.05, 4.69) is 17.1 Å². The van der Waals surface area contributed by atoms with Gasteiger partial charge in [-0.25, -0.2) is 0 Å². The minimum absolute atomic E-state index is 0.710. The molecular formula is C13H26N2S. The predicted octanol–water partition coefficient (Wildman–Crippen LogP) is 2.38. The van der Waals surface area contributed by atoms with Crippen LogP contribution in [0, 0.1) is 5.92 Å². The molecule has 0 radical (unpaired) electrons. The van der Waals surface area contributed by atoms with Crippen LogP contribution in [0.5, 0.6) is 0 Å². The maximum atomic E-state index is 5.86. The Hall–Kier alpha value is 0.270. The van der Waals surface area contributed by atoms with Crippen LogP contribution in [-0.4, -0.2) is 30.1 Å². The predicted molar refractivity (Wildman–Crippen MR) is 72.9 cm³/mol. The lowest BCUT2D eigenvalue weighted by atomic mass is 9.84. The summed E-state index contributed by atoms with van der Waals surface area (Å²) < 4.78 is 0. The van der Waals surface area contributed by atoms with Crippen molar-refractivity contribution in [2.24, 2.45) is 11.7 Å². The third-order valence-corrected chi connectivity index (χ3v) is 5.49. The first-order valence-electron chi connectivity index (χ1n) is 6.95. The molecular weight excluding hydrogens is 216 g/mol. The van der Waals surface area contributed by atoms with E-state index in [1.165, 1.54) is 57.2 Å². The number of nitrogens with two attached hydrogens (primary N) is 1. The second-order valence-corrected chi connectivity index (χ2v) is 6.69. The molecule has 3 atom stereocenters. The molecule has 1 saturated carbocycles. The average Bonchev–Trinajstić information content (AvgIpc) is 2.38. The molecule has 2 nitrogen and oxygen atoms in total. The molecule has 1 aliphatic carbocycles. The number of rotatable bonds is 4. The minimum Gasteiger partial charge on any atom is -0.330 e. The third-order valence-electron chi connectivity index (χ3n) is 4.09. The van der Waals surface area contributed by atoms with Crippen LogP contribution < -0.4 is 11.1 Å². The molecule has 1 saturated heterocycles. The summed E-state index contributed by atoms with van der Waals surface area (Å²) in [5, 5.41) is 4.66. The molecule has 0 aromatic carbocycles. The Labute approximate surface area is 104 Å². The summed E-state index contributed by atoms with van der Waals surface area (Å²) in [6, 6.07) is 0.710. The van der Waals surface area contributed by atoms with Crippen LogP contribution >= 0.6 is 11.8 Å². The quantitative estimate of drug-likeness (QED) is 0.795. The van der Waals surface area contributed by atoms with Crippen molar-refractivity contribution in [2.75, 3.05) is 18.8 Å². The van der Waals surface area contributed by atoms with Gasteiger partial charge >= 0.3 is 0 Å². The van der Waals surface area contributed by atoms with Gasteiger partial charge in [0.2, 0.25) is 0 Å². The first-order chi connectivity index (χ1) is 7.90. The highest BCUT2D eigenvalue weighted by Gasteiger charge is 2.24. The maximum absolute atomic E-state index is 5.86. The Bertz CT molecular complexity index is 192. The van der Waals surface area contributed by atoms with Crippen molar-refractivity contribution in [3.8, 4) is 0 Å². The fourth-order valence-electron chi connectivity index (χ4n) is 3.01. The highest BCUT2D eigenvalue weighted by molar-refractivity contribution is 7.99. The zero-order chi connectivity index (χ0) is 11.2. The fraction of sp³-hybridized carbons (Fsp3) is 1.00. The van der Waals surface area contributed by atoms with Crippen LogP contribution in [0.1, 0.15) is 44.9 Å². The number of hydrogen-bond acceptors (Lipinski definition) is 3. The Morgan fingerprint density at radius 3 is 2.62 bits per heavy atom. The van der Waals surface area contributed by atoms with Gasteiger partial charge in [-0.2, -0.15) is 11.8 Å². The summed E-state index contributed by atoms with van der Waals surface area (Å²) in [5.74, 6) is 2.11. The summed E-state index contributed by atoms with van der Waals surface area (Å²) in [5.41, 5.74) is 5.86. The summed E-state index contributed by atoms with van der Waals surface area (Å²) in [7, 11) is 0. The van der Waals surface area contributed by atoms with Crippen LogP contribution in [0.3, 0.4) is 0 Å². The Kier molecular flexibility index (Phi) is 5.46. The zero-order valence-electron chi connectivity index (χ0n) is 10.3. The van der Waals surface area contributed by atoms with Crippen molar-refractivity contribution >= 4 is 11.8 Å².